The zero-order valence-corrected chi connectivity index (χ0v) is 19.7. The average molecular weight is 481 g/mol. The number of aromatic hydroxyl groups is 2. The number of hydrogen-bond donors (Lipinski definition) is 3. The summed E-state index contributed by atoms with van der Waals surface area (Å²) in [7, 11) is -0.772. The van der Waals surface area contributed by atoms with E-state index in [9.17, 15) is 23.4 Å². The van der Waals surface area contributed by atoms with Gasteiger partial charge in [-0.25, -0.2) is 4.79 Å². The van der Waals surface area contributed by atoms with Crippen LogP contribution in [0.3, 0.4) is 0 Å². The number of phenols is 2. The number of hydrogen-bond acceptors (Lipinski definition) is 6. The lowest BCUT2D eigenvalue weighted by Crippen LogP contribution is -2.28. The first-order valence-corrected chi connectivity index (χ1v) is 11.9. The van der Waals surface area contributed by atoms with E-state index in [1.807, 2.05) is 25.1 Å². The van der Waals surface area contributed by atoms with Crippen LogP contribution in [0.1, 0.15) is 16.7 Å². The van der Waals surface area contributed by atoms with Crippen molar-refractivity contribution >= 4 is 26.9 Å². The Kier molecular flexibility index (Phi) is 6.07. The number of aryl methyl sites for hydroxylation is 1. The molecule has 0 aliphatic carbocycles. The fraction of sp³-hybridized carbons (Fsp3) is 0.160. The lowest BCUT2D eigenvalue weighted by molar-refractivity contribution is 0.404. The molecule has 34 heavy (non-hydrogen) atoms. The molecule has 0 saturated carbocycles. The Morgan fingerprint density at radius 1 is 0.941 bits per heavy atom. The summed E-state index contributed by atoms with van der Waals surface area (Å²) in [5, 5.41) is 20.1. The van der Waals surface area contributed by atoms with Crippen molar-refractivity contribution < 1.29 is 23.0 Å². The molecule has 0 aliphatic heterocycles. The van der Waals surface area contributed by atoms with Crippen molar-refractivity contribution in [3.8, 4) is 22.6 Å². The first-order valence-electron chi connectivity index (χ1n) is 10.4. The quantitative estimate of drug-likeness (QED) is 0.284. The molecule has 4 rings (SSSR count). The zero-order valence-electron chi connectivity index (χ0n) is 18.9. The Bertz CT molecular complexity index is 1560. The van der Waals surface area contributed by atoms with Gasteiger partial charge in [0.15, 0.2) is 11.5 Å². The predicted molar refractivity (Wildman–Crippen MR) is 131 cm³/mol. The zero-order chi connectivity index (χ0) is 24.6. The summed E-state index contributed by atoms with van der Waals surface area (Å²) in [5.41, 5.74) is 3.72. The minimum atomic E-state index is -3.64. The summed E-state index contributed by atoms with van der Waals surface area (Å²) >= 11 is 0. The van der Waals surface area contributed by atoms with Gasteiger partial charge in [-0.1, -0.05) is 30.3 Å². The molecular weight excluding hydrogens is 456 g/mol. The first kappa shape index (κ1) is 23.3. The Hall–Kier alpha value is -3.82. The summed E-state index contributed by atoms with van der Waals surface area (Å²) < 4.78 is 33.4. The molecule has 0 saturated heterocycles. The number of rotatable bonds is 6. The highest BCUT2D eigenvalue weighted by molar-refractivity contribution is 7.90. The van der Waals surface area contributed by atoms with Gasteiger partial charge in [0.25, 0.3) is 0 Å². The van der Waals surface area contributed by atoms with Crippen LogP contribution in [0.15, 0.2) is 69.9 Å². The molecule has 3 N–H and O–H groups in total. The van der Waals surface area contributed by atoms with Gasteiger partial charge < -0.3 is 14.6 Å². The van der Waals surface area contributed by atoms with Crippen molar-refractivity contribution in [3.63, 3.8) is 0 Å². The van der Waals surface area contributed by atoms with Gasteiger partial charge in [-0.2, -0.15) is 12.7 Å². The molecule has 1 heterocycles. The smallest absolute Gasteiger partial charge is 0.340 e. The number of phenolic OH excluding ortho intramolecular Hbond substituents is 2. The van der Waals surface area contributed by atoms with E-state index in [0.29, 0.717) is 22.4 Å². The second-order valence-corrected chi connectivity index (χ2v) is 10.1. The fourth-order valence-corrected chi connectivity index (χ4v) is 4.28. The molecule has 0 fully saturated rings. The van der Waals surface area contributed by atoms with E-state index in [1.165, 1.54) is 26.2 Å². The number of nitrogens with one attached hydrogen (secondary N) is 1. The van der Waals surface area contributed by atoms with Crippen LogP contribution < -0.4 is 10.3 Å². The van der Waals surface area contributed by atoms with Crippen molar-refractivity contribution in [1.82, 2.24) is 4.31 Å². The van der Waals surface area contributed by atoms with Crippen molar-refractivity contribution in [2.24, 2.45) is 0 Å². The highest BCUT2D eigenvalue weighted by atomic mass is 32.2. The van der Waals surface area contributed by atoms with Crippen LogP contribution in [0.4, 0.5) is 5.69 Å². The van der Waals surface area contributed by atoms with E-state index in [4.69, 9.17) is 4.42 Å². The van der Waals surface area contributed by atoms with Crippen LogP contribution in [0, 0.1) is 6.92 Å². The van der Waals surface area contributed by atoms with Gasteiger partial charge in [-0.05, 0) is 59.5 Å². The SMILES string of the molecule is Cc1c(Cc2cccc(NS(=O)(=O)N(C)C)c2)c(=O)oc2cc(-c3ccc(O)c(O)c3)ccc12. The number of anilines is 1. The number of nitrogens with zero attached hydrogens (tertiary/aromatic N) is 1. The van der Waals surface area contributed by atoms with E-state index in [-0.39, 0.29) is 17.9 Å². The van der Waals surface area contributed by atoms with E-state index in [1.54, 1.807) is 30.3 Å². The normalized spacial score (nSPS) is 11.8. The molecule has 9 heteroatoms. The standard InChI is InChI=1S/C25H24N2O6S/c1-15-20-9-7-18(17-8-10-22(28)23(29)13-17)14-24(20)33-25(30)21(15)12-16-5-4-6-19(11-16)26-34(31,32)27(2)3/h4-11,13-14,26,28-29H,12H2,1-3H3. The maximum atomic E-state index is 12.9. The van der Waals surface area contributed by atoms with Crippen LogP contribution in [0.5, 0.6) is 11.5 Å². The van der Waals surface area contributed by atoms with Crippen LogP contribution in [0.25, 0.3) is 22.1 Å². The average Bonchev–Trinajstić information content (AvgIpc) is 2.78. The predicted octanol–water partition coefficient (Wildman–Crippen LogP) is 3.99. The van der Waals surface area contributed by atoms with Crippen molar-refractivity contribution in [1.29, 1.82) is 0 Å². The van der Waals surface area contributed by atoms with Crippen LogP contribution in [0.2, 0.25) is 0 Å². The third kappa shape index (κ3) is 4.61. The molecular formula is C25H24N2O6S. The third-order valence-corrected chi connectivity index (χ3v) is 7.09. The van der Waals surface area contributed by atoms with E-state index in [2.05, 4.69) is 4.72 Å². The number of fused-ring (bicyclic) bond motifs is 1. The monoisotopic (exact) mass is 480 g/mol. The lowest BCUT2D eigenvalue weighted by atomic mass is 9.97. The van der Waals surface area contributed by atoms with E-state index in [0.717, 1.165) is 26.4 Å². The van der Waals surface area contributed by atoms with Gasteiger partial charge >= 0.3 is 15.8 Å². The lowest BCUT2D eigenvalue weighted by Gasteiger charge is -2.14. The highest BCUT2D eigenvalue weighted by Crippen LogP contribution is 2.32. The summed E-state index contributed by atoms with van der Waals surface area (Å²) in [5.74, 6) is -0.448. The van der Waals surface area contributed by atoms with Crippen LogP contribution >= 0.6 is 0 Å². The van der Waals surface area contributed by atoms with Crippen molar-refractivity contribution in [2.75, 3.05) is 18.8 Å². The minimum Gasteiger partial charge on any atom is -0.504 e. The molecule has 0 radical (unpaired) electrons. The second-order valence-electron chi connectivity index (χ2n) is 8.17. The molecule has 0 bridgehead atoms. The summed E-state index contributed by atoms with van der Waals surface area (Å²) in [4.78, 5) is 12.9. The molecule has 1 aromatic heterocycles. The van der Waals surface area contributed by atoms with Crippen molar-refractivity contribution in [3.05, 3.63) is 87.8 Å². The van der Waals surface area contributed by atoms with Crippen LogP contribution in [-0.2, 0) is 16.6 Å². The van der Waals surface area contributed by atoms with Gasteiger partial charge in [-0.15, -0.1) is 0 Å². The maximum absolute atomic E-state index is 12.9. The summed E-state index contributed by atoms with van der Waals surface area (Å²) in [6.07, 6.45) is 0.273. The molecule has 0 unspecified atom stereocenters. The Balaban J connectivity index is 1.69. The molecule has 0 atom stereocenters. The van der Waals surface area contributed by atoms with Gasteiger partial charge in [0.05, 0.1) is 5.69 Å². The third-order valence-electron chi connectivity index (χ3n) is 5.63. The topological polar surface area (TPSA) is 120 Å². The van der Waals surface area contributed by atoms with Gasteiger partial charge in [-0.3, -0.25) is 4.72 Å². The first-order chi connectivity index (χ1) is 16.0. The molecule has 0 aliphatic rings. The Morgan fingerprint density at radius 2 is 1.65 bits per heavy atom. The summed E-state index contributed by atoms with van der Waals surface area (Å²) in [6, 6.07) is 16.8. The molecule has 3 aromatic carbocycles. The van der Waals surface area contributed by atoms with Gasteiger partial charge in [0, 0.05) is 31.5 Å². The van der Waals surface area contributed by atoms with E-state index < -0.39 is 15.8 Å². The van der Waals surface area contributed by atoms with Crippen LogP contribution in [-0.4, -0.2) is 37.0 Å². The molecule has 0 spiro atoms. The Morgan fingerprint density at radius 3 is 2.35 bits per heavy atom. The second kappa shape index (κ2) is 8.85. The minimum absolute atomic E-state index is 0.213. The number of benzene rings is 3. The molecule has 4 aromatic rings. The largest absolute Gasteiger partial charge is 0.504 e. The maximum Gasteiger partial charge on any atom is 0.340 e. The molecule has 0 amide bonds. The molecule has 176 valence electrons. The van der Waals surface area contributed by atoms with Crippen molar-refractivity contribution in [2.45, 2.75) is 13.3 Å². The highest BCUT2D eigenvalue weighted by Gasteiger charge is 2.16. The fourth-order valence-electron chi connectivity index (χ4n) is 3.67. The molecule has 8 nitrogen and oxygen atoms in total. The van der Waals surface area contributed by atoms with E-state index >= 15 is 0 Å². The van der Waals surface area contributed by atoms with Gasteiger partial charge in [0.1, 0.15) is 5.58 Å². The van der Waals surface area contributed by atoms with Gasteiger partial charge in [0.2, 0.25) is 0 Å². The summed E-state index contributed by atoms with van der Waals surface area (Å²) in [6.45, 7) is 1.85. The Labute approximate surface area is 196 Å².